The van der Waals surface area contributed by atoms with Gasteiger partial charge in [0.05, 0.1) is 26.8 Å². The van der Waals surface area contributed by atoms with E-state index in [4.69, 9.17) is 10.4 Å². The molecule has 12 nitrogen and oxygen atoms in total. The fraction of sp³-hybridized carbons (Fsp3) is 0.235. The SMILES string of the molecule is O=C(NO)c1cc([N+](=O)[O-])ccc1N1CCN(S(=O)(=O)c2cccc(NO)c2)CC1. The van der Waals surface area contributed by atoms with Gasteiger partial charge >= 0.3 is 0 Å². The second-order valence-corrected chi connectivity index (χ2v) is 8.37. The summed E-state index contributed by atoms with van der Waals surface area (Å²) in [7, 11) is -3.80. The van der Waals surface area contributed by atoms with Gasteiger partial charge in [-0.1, -0.05) is 6.07 Å². The van der Waals surface area contributed by atoms with Crippen molar-refractivity contribution < 1.29 is 28.6 Å². The van der Waals surface area contributed by atoms with Gasteiger partial charge in [-0.15, -0.1) is 0 Å². The summed E-state index contributed by atoms with van der Waals surface area (Å²) in [6.45, 7) is 0.661. The number of sulfonamides is 1. The number of non-ortho nitro benzene ring substituents is 1. The van der Waals surface area contributed by atoms with E-state index in [1.807, 2.05) is 5.48 Å². The largest absolute Gasteiger partial charge is 0.368 e. The van der Waals surface area contributed by atoms with Crippen molar-refractivity contribution in [1.82, 2.24) is 9.79 Å². The van der Waals surface area contributed by atoms with Gasteiger partial charge in [-0.25, -0.2) is 13.9 Å². The molecule has 160 valence electrons. The molecule has 13 heteroatoms. The third-order valence-electron chi connectivity index (χ3n) is 4.72. The van der Waals surface area contributed by atoms with Gasteiger partial charge in [0.15, 0.2) is 0 Å². The minimum atomic E-state index is -3.80. The monoisotopic (exact) mass is 437 g/mol. The number of piperazine rings is 1. The van der Waals surface area contributed by atoms with Crippen LogP contribution in [0.5, 0.6) is 0 Å². The molecule has 1 heterocycles. The van der Waals surface area contributed by atoms with Crippen molar-refractivity contribution in [3.8, 4) is 0 Å². The Morgan fingerprint density at radius 1 is 1.07 bits per heavy atom. The van der Waals surface area contributed by atoms with Gasteiger partial charge in [-0.05, 0) is 24.3 Å². The molecule has 0 unspecified atom stereocenters. The lowest BCUT2D eigenvalue weighted by molar-refractivity contribution is -0.384. The van der Waals surface area contributed by atoms with Gasteiger partial charge in [0.1, 0.15) is 0 Å². The van der Waals surface area contributed by atoms with Crippen LogP contribution in [0.3, 0.4) is 0 Å². The molecule has 2 aromatic carbocycles. The molecular weight excluding hydrogens is 418 g/mol. The van der Waals surface area contributed by atoms with Crippen LogP contribution in [0.1, 0.15) is 10.4 Å². The van der Waals surface area contributed by atoms with Crippen molar-refractivity contribution in [2.45, 2.75) is 4.90 Å². The molecule has 0 aromatic heterocycles. The molecule has 0 radical (unpaired) electrons. The van der Waals surface area contributed by atoms with Crippen LogP contribution >= 0.6 is 0 Å². The lowest BCUT2D eigenvalue weighted by Gasteiger charge is -2.36. The van der Waals surface area contributed by atoms with Gasteiger partial charge in [-0.3, -0.25) is 30.8 Å². The molecule has 0 saturated carbocycles. The lowest BCUT2D eigenvalue weighted by atomic mass is 10.1. The number of rotatable bonds is 6. The van der Waals surface area contributed by atoms with Crippen LogP contribution in [-0.2, 0) is 10.0 Å². The number of hydroxylamine groups is 1. The molecule has 1 amide bonds. The van der Waals surface area contributed by atoms with Gasteiger partial charge < -0.3 is 4.90 Å². The average Bonchev–Trinajstić information content (AvgIpc) is 2.78. The molecule has 1 fully saturated rings. The predicted molar refractivity (Wildman–Crippen MR) is 105 cm³/mol. The Hall–Kier alpha value is -3.26. The zero-order valence-corrected chi connectivity index (χ0v) is 16.4. The molecule has 0 bridgehead atoms. The first-order valence-electron chi connectivity index (χ1n) is 8.76. The molecule has 1 saturated heterocycles. The molecule has 0 atom stereocenters. The van der Waals surface area contributed by atoms with Crippen LogP contribution in [0, 0.1) is 10.1 Å². The summed E-state index contributed by atoms with van der Waals surface area (Å²) in [5, 5.41) is 28.9. The van der Waals surface area contributed by atoms with Crippen LogP contribution in [-0.4, -0.2) is 60.1 Å². The molecule has 1 aliphatic rings. The third-order valence-corrected chi connectivity index (χ3v) is 6.61. The van der Waals surface area contributed by atoms with Crippen molar-refractivity contribution >= 4 is 33.0 Å². The van der Waals surface area contributed by atoms with Crippen molar-refractivity contribution in [2.24, 2.45) is 0 Å². The number of hydrogen-bond donors (Lipinski definition) is 4. The van der Waals surface area contributed by atoms with Crippen molar-refractivity contribution in [3.63, 3.8) is 0 Å². The lowest BCUT2D eigenvalue weighted by Crippen LogP contribution is -2.49. The van der Waals surface area contributed by atoms with Crippen molar-refractivity contribution in [1.29, 1.82) is 0 Å². The van der Waals surface area contributed by atoms with E-state index in [9.17, 15) is 23.3 Å². The first-order chi connectivity index (χ1) is 14.3. The Morgan fingerprint density at radius 3 is 2.37 bits per heavy atom. The summed E-state index contributed by atoms with van der Waals surface area (Å²) in [6, 6.07) is 9.42. The van der Waals surface area contributed by atoms with E-state index < -0.39 is 20.9 Å². The molecular formula is C17H19N5O7S. The highest BCUT2D eigenvalue weighted by Crippen LogP contribution is 2.28. The molecule has 0 aliphatic carbocycles. The summed E-state index contributed by atoms with van der Waals surface area (Å²) in [4.78, 5) is 24.0. The summed E-state index contributed by atoms with van der Waals surface area (Å²) >= 11 is 0. The number of anilines is 2. The van der Waals surface area contributed by atoms with E-state index in [-0.39, 0.29) is 48.0 Å². The molecule has 30 heavy (non-hydrogen) atoms. The maximum Gasteiger partial charge on any atom is 0.276 e. The molecule has 3 rings (SSSR count). The first-order valence-corrected chi connectivity index (χ1v) is 10.2. The summed E-state index contributed by atoms with van der Waals surface area (Å²) in [6.07, 6.45) is 0. The molecule has 4 N–H and O–H groups in total. The molecule has 2 aromatic rings. The van der Waals surface area contributed by atoms with Crippen LogP contribution in [0.2, 0.25) is 0 Å². The maximum atomic E-state index is 12.9. The highest BCUT2D eigenvalue weighted by molar-refractivity contribution is 7.89. The standard InChI is InChI=1S/C17H19N5O7S/c23-17(19-25)15-11-13(22(26)27)4-5-16(15)20-6-8-21(9-7-20)30(28,29)14-3-1-2-12(10-14)18-24/h1-5,10-11,18,24-25H,6-9H2,(H,19,23). The smallest absolute Gasteiger partial charge is 0.276 e. The Kier molecular flexibility index (Phi) is 6.17. The zero-order chi connectivity index (χ0) is 21.9. The van der Waals surface area contributed by atoms with E-state index in [0.29, 0.717) is 5.69 Å². The Balaban J connectivity index is 1.81. The van der Waals surface area contributed by atoms with Crippen LogP contribution in [0.4, 0.5) is 17.1 Å². The van der Waals surface area contributed by atoms with Gasteiger partial charge in [0.2, 0.25) is 10.0 Å². The second-order valence-electron chi connectivity index (χ2n) is 6.43. The zero-order valence-electron chi connectivity index (χ0n) is 15.6. The number of nitrogens with one attached hydrogen (secondary N) is 2. The van der Waals surface area contributed by atoms with Gasteiger partial charge in [-0.2, -0.15) is 4.31 Å². The number of hydrogen-bond acceptors (Lipinski definition) is 9. The average molecular weight is 437 g/mol. The first kappa shape index (κ1) is 21.4. The topological polar surface area (TPSA) is 165 Å². The number of nitro benzene ring substituents is 1. The third kappa shape index (κ3) is 4.18. The minimum absolute atomic E-state index is 0.0192. The minimum Gasteiger partial charge on any atom is -0.368 e. The quantitative estimate of drug-likeness (QED) is 0.293. The van der Waals surface area contributed by atoms with Crippen LogP contribution in [0.25, 0.3) is 0 Å². The highest BCUT2D eigenvalue weighted by Gasteiger charge is 2.30. The maximum absolute atomic E-state index is 12.9. The molecule has 1 aliphatic heterocycles. The van der Waals surface area contributed by atoms with E-state index in [1.54, 1.807) is 4.90 Å². The van der Waals surface area contributed by atoms with E-state index in [0.717, 1.165) is 6.07 Å². The fourth-order valence-corrected chi connectivity index (χ4v) is 4.67. The summed E-state index contributed by atoms with van der Waals surface area (Å²) in [5.74, 6) is -0.905. The number of nitro groups is 1. The van der Waals surface area contributed by atoms with Gasteiger partial charge in [0, 0.05) is 38.3 Å². The predicted octanol–water partition coefficient (Wildman–Crippen LogP) is 1.03. The fourth-order valence-electron chi connectivity index (χ4n) is 3.20. The van der Waals surface area contributed by atoms with Crippen LogP contribution < -0.4 is 15.9 Å². The van der Waals surface area contributed by atoms with Crippen molar-refractivity contribution in [2.75, 3.05) is 36.6 Å². The van der Waals surface area contributed by atoms with Crippen LogP contribution in [0.15, 0.2) is 47.4 Å². The number of amides is 1. The van der Waals surface area contributed by atoms with E-state index >= 15 is 0 Å². The summed E-state index contributed by atoms with van der Waals surface area (Å²) < 4.78 is 27.0. The number of carbonyl (C=O) groups is 1. The normalized spacial score (nSPS) is 14.9. The highest BCUT2D eigenvalue weighted by atomic mass is 32.2. The Labute approximate surface area is 171 Å². The number of nitrogens with zero attached hydrogens (tertiary/aromatic N) is 3. The number of carbonyl (C=O) groups excluding carboxylic acids is 1. The Morgan fingerprint density at radius 2 is 1.77 bits per heavy atom. The summed E-state index contributed by atoms with van der Waals surface area (Å²) in [5.41, 5.74) is 3.56. The van der Waals surface area contributed by atoms with E-state index in [1.165, 1.54) is 46.2 Å². The second kappa shape index (κ2) is 8.62. The van der Waals surface area contributed by atoms with Gasteiger partial charge in [0.25, 0.3) is 11.6 Å². The van der Waals surface area contributed by atoms with Crippen molar-refractivity contribution in [3.05, 3.63) is 58.1 Å². The number of benzene rings is 2. The van der Waals surface area contributed by atoms with E-state index in [2.05, 4.69) is 0 Å². The Bertz CT molecular complexity index is 1070. The molecule has 0 spiro atoms.